The Hall–Kier alpha value is -1.68. The van der Waals surface area contributed by atoms with Crippen molar-refractivity contribution < 1.29 is 0 Å². The Labute approximate surface area is 101 Å². The van der Waals surface area contributed by atoms with Crippen LogP contribution in [0.3, 0.4) is 0 Å². The van der Waals surface area contributed by atoms with E-state index in [2.05, 4.69) is 14.9 Å². The van der Waals surface area contributed by atoms with E-state index in [1.807, 2.05) is 31.6 Å². The molecule has 4 nitrogen and oxygen atoms in total. The highest BCUT2D eigenvalue weighted by atomic mass is 15.1. The first-order chi connectivity index (χ1) is 8.40. The van der Waals surface area contributed by atoms with Gasteiger partial charge in [-0.15, -0.1) is 0 Å². The molecule has 2 aromatic heterocycles. The van der Waals surface area contributed by atoms with Crippen LogP contribution in [0.4, 0.5) is 0 Å². The van der Waals surface area contributed by atoms with Gasteiger partial charge in [0.15, 0.2) is 0 Å². The van der Waals surface area contributed by atoms with Crippen LogP contribution in [-0.4, -0.2) is 21.6 Å². The molecule has 3 heterocycles. The summed E-state index contributed by atoms with van der Waals surface area (Å²) in [6, 6.07) is 4.06. The molecule has 88 valence electrons. The van der Waals surface area contributed by atoms with Crippen LogP contribution in [0.1, 0.15) is 17.9 Å². The third kappa shape index (κ3) is 1.74. The van der Waals surface area contributed by atoms with E-state index >= 15 is 0 Å². The summed E-state index contributed by atoms with van der Waals surface area (Å²) in [4.78, 5) is 8.83. The van der Waals surface area contributed by atoms with Crippen molar-refractivity contribution in [3.8, 4) is 11.3 Å². The Bertz CT molecular complexity index is 516. The molecule has 0 bridgehead atoms. The van der Waals surface area contributed by atoms with Gasteiger partial charge >= 0.3 is 0 Å². The van der Waals surface area contributed by atoms with Gasteiger partial charge in [-0.25, -0.2) is 4.98 Å². The van der Waals surface area contributed by atoms with Crippen molar-refractivity contribution >= 4 is 0 Å². The molecule has 0 aliphatic carbocycles. The van der Waals surface area contributed by atoms with Gasteiger partial charge < -0.3 is 9.88 Å². The van der Waals surface area contributed by atoms with Crippen LogP contribution in [0.2, 0.25) is 0 Å². The number of nitrogens with one attached hydrogen (secondary N) is 1. The van der Waals surface area contributed by atoms with E-state index in [1.54, 1.807) is 0 Å². The molecule has 1 N–H and O–H groups in total. The maximum Gasteiger partial charge on any atom is 0.123 e. The van der Waals surface area contributed by atoms with Crippen molar-refractivity contribution in [1.82, 2.24) is 19.9 Å². The highest BCUT2D eigenvalue weighted by Crippen LogP contribution is 2.28. The second kappa shape index (κ2) is 4.30. The zero-order valence-electron chi connectivity index (χ0n) is 9.98. The van der Waals surface area contributed by atoms with E-state index in [0.29, 0.717) is 0 Å². The number of rotatable bonds is 3. The third-order valence-electron chi connectivity index (χ3n) is 3.24. The Kier molecular flexibility index (Phi) is 2.65. The molecule has 0 fully saturated rings. The van der Waals surface area contributed by atoms with Crippen molar-refractivity contribution in [2.24, 2.45) is 0 Å². The van der Waals surface area contributed by atoms with Gasteiger partial charge in [0.05, 0.1) is 12.2 Å². The van der Waals surface area contributed by atoms with Crippen molar-refractivity contribution in [3.05, 3.63) is 36.0 Å². The maximum atomic E-state index is 4.76. The Morgan fingerprint density at radius 2 is 2.18 bits per heavy atom. The third-order valence-corrected chi connectivity index (χ3v) is 3.24. The van der Waals surface area contributed by atoms with Crippen molar-refractivity contribution in [2.75, 3.05) is 7.05 Å². The van der Waals surface area contributed by atoms with Crippen molar-refractivity contribution in [1.29, 1.82) is 0 Å². The molecule has 0 spiro atoms. The van der Waals surface area contributed by atoms with Gasteiger partial charge in [-0.2, -0.15) is 0 Å². The van der Waals surface area contributed by atoms with Gasteiger partial charge in [-0.1, -0.05) is 0 Å². The second-order valence-electron chi connectivity index (χ2n) is 4.34. The average molecular weight is 228 g/mol. The lowest BCUT2D eigenvalue weighted by Gasteiger charge is -2.01. The lowest BCUT2D eigenvalue weighted by molar-refractivity contribution is 0.653. The fourth-order valence-electron chi connectivity index (χ4n) is 2.49. The molecular weight excluding hydrogens is 212 g/mol. The fraction of sp³-hybridized carbons (Fsp3) is 0.385. The van der Waals surface area contributed by atoms with Crippen molar-refractivity contribution in [3.63, 3.8) is 0 Å². The van der Waals surface area contributed by atoms with Crippen molar-refractivity contribution in [2.45, 2.75) is 25.9 Å². The van der Waals surface area contributed by atoms with Gasteiger partial charge in [-0.05, 0) is 32.0 Å². The van der Waals surface area contributed by atoms with Gasteiger partial charge in [0, 0.05) is 30.2 Å². The molecule has 0 saturated heterocycles. The number of nitrogens with zero attached hydrogens (tertiary/aromatic N) is 3. The van der Waals surface area contributed by atoms with Crippen LogP contribution in [0, 0.1) is 0 Å². The van der Waals surface area contributed by atoms with E-state index in [-0.39, 0.29) is 0 Å². The maximum absolute atomic E-state index is 4.76. The zero-order chi connectivity index (χ0) is 11.7. The first-order valence-corrected chi connectivity index (χ1v) is 6.03. The van der Waals surface area contributed by atoms with Gasteiger partial charge in [0.25, 0.3) is 0 Å². The summed E-state index contributed by atoms with van der Waals surface area (Å²) in [5.41, 5.74) is 3.68. The molecule has 2 aromatic rings. The number of fused-ring (bicyclic) bond motifs is 1. The van der Waals surface area contributed by atoms with Crippen LogP contribution >= 0.6 is 0 Å². The summed E-state index contributed by atoms with van der Waals surface area (Å²) in [7, 11) is 1.96. The minimum Gasteiger partial charge on any atom is -0.330 e. The summed E-state index contributed by atoms with van der Waals surface area (Å²) in [5, 5.41) is 3.18. The van der Waals surface area contributed by atoms with Crippen LogP contribution in [0.15, 0.2) is 24.5 Å². The number of hydrogen-bond donors (Lipinski definition) is 1. The summed E-state index contributed by atoms with van der Waals surface area (Å²) in [5.74, 6) is 1.15. The molecule has 1 aliphatic rings. The molecule has 1 aliphatic heterocycles. The minimum absolute atomic E-state index is 0.831. The molecule has 0 unspecified atom stereocenters. The Morgan fingerprint density at radius 1 is 1.35 bits per heavy atom. The van der Waals surface area contributed by atoms with E-state index in [0.717, 1.165) is 31.0 Å². The molecule has 0 amide bonds. The number of aromatic nitrogens is 3. The summed E-state index contributed by atoms with van der Waals surface area (Å²) < 4.78 is 2.35. The summed E-state index contributed by atoms with van der Waals surface area (Å²) in [6.45, 7) is 1.93. The first kappa shape index (κ1) is 10.5. The molecule has 0 aromatic carbocycles. The molecule has 4 heteroatoms. The van der Waals surface area contributed by atoms with E-state index in [4.69, 9.17) is 4.98 Å². The van der Waals surface area contributed by atoms with Crippen LogP contribution < -0.4 is 5.32 Å². The molecule has 3 rings (SSSR count). The highest BCUT2D eigenvalue weighted by Gasteiger charge is 2.21. The first-order valence-electron chi connectivity index (χ1n) is 6.03. The van der Waals surface area contributed by atoms with Crippen LogP contribution in [0.5, 0.6) is 0 Å². The van der Waals surface area contributed by atoms with E-state index in [1.165, 1.54) is 17.7 Å². The molecular formula is C13H16N4. The molecule has 0 radical (unpaired) electrons. The molecule has 17 heavy (non-hydrogen) atoms. The topological polar surface area (TPSA) is 42.7 Å². The Morgan fingerprint density at radius 3 is 2.94 bits per heavy atom. The van der Waals surface area contributed by atoms with E-state index in [9.17, 15) is 0 Å². The number of pyridine rings is 1. The zero-order valence-corrected chi connectivity index (χ0v) is 9.98. The predicted molar refractivity (Wildman–Crippen MR) is 66.5 cm³/mol. The van der Waals surface area contributed by atoms with Crippen LogP contribution in [0.25, 0.3) is 11.3 Å². The van der Waals surface area contributed by atoms with Gasteiger partial charge in [0.2, 0.25) is 0 Å². The smallest absolute Gasteiger partial charge is 0.123 e. The predicted octanol–water partition coefficient (Wildman–Crippen LogP) is 1.61. The van der Waals surface area contributed by atoms with Crippen LogP contribution in [-0.2, 0) is 19.5 Å². The molecule has 0 atom stereocenters. The number of imidazole rings is 1. The summed E-state index contributed by atoms with van der Waals surface area (Å²) in [6.07, 6.45) is 6.02. The van der Waals surface area contributed by atoms with Gasteiger partial charge in [-0.3, -0.25) is 4.98 Å². The monoisotopic (exact) mass is 228 g/mol. The highest BCUT2D eigenvalue weighted by molar-refractivity contribution is 5.62. The quantitative estimate of drug-likeness (QED) is 0.868. The largest absolute Gasteiger partial charge is 0.330 e. The molecule has 0 saturated carbocycles. The fourth-order valence-corrected chi connectivity index (χ4v) is 2.49. The lowest BCUT2D eigenvalue weighted by Crippen LogP contribution is -2.11. The number of hydrogen-bond acceptors (Lipinski definition) is 3. The second-order valence-corrected chi connectivity index (χ2v) is 4.34. The van der Waals surface area contributed by atoms with E-state index < -0.39 is 0 Å². The lowest BCUT2D eigenvalue weighted by atomic mass is 10.1. The normalized spacial score (nSPS) is 13.9. The standard InChI is InChI=1S/C13H16N4/c1-14-9-12-16-13(10-4-6-15-7-5-10)11-3-2-8-17(11)12/h4-7,14H,2-3,8-9H2,1H3. The summed E-state index contributed by atoms with van der Waals surface area (Å²) >= 11 is 0. The SMILES string of the molecule is CNCc1nc(-c2ccncc2)c2n1CCC2. The van der Waals surface area contributed by atoms with Gasteiger partial charge in [0.1, 0.15) is 5.82 Å². The Balaban J connectivity index is 2.09. The minimum atomic E-state index is 0.831. The average Bonchev–Trinajstić information content (AvgIpc) is 2.94.